The summed E-state index contributed by atoms with van der Waals surface area (Å²) in [7, 11) is 6.44. The van der Waals surface area contributed by atoms with Gasteiger partial charge in [-0.25, -0.2) is 19.9 Å². The van der Waals surface area contributed by atoms with Crippen LogP contribution in [-0.2, 0) is 14.1 Å². The lowest BCUT2D eigenvalue weighted by Gasteiger charge is -2.20. The number of aryl methyl sites for hydroxylation is 2. The summed E-state index contributed by atoms with van der Waals surface area (Å²) in [6.45, 7) is 11.7. The Kier molecular flexibility index (Phi) is 14.4. The second kappa shape index (κ2) is 20.5. The van der Waals surface area contributed by atoms with Gasteiger partial charge in [0.05, 0.1) is 23.4 Å². The molecule has 0 radical (unpaired) electrons. The van der Waals surface area contributed by atoms with E-state index in [0.717, 1.165) is 72.3 Å². The molecule has 4 heterocycles. The fraction of sp³-hybridized carbons (Fsp3) is 0.255. The average Bonchev–Trinajstić information content (AvgIpc) is 3.94. The summed E-state index contributed by atoms with van der Waals surface area (Å²) < 4.78 is 15.6. The molecule has 4 aromatic carbocycles. The Hall–Kier alpha value is -7.56. The first-order valence-electron chi connectivity index (χ1n) is 21.6. The van der Waals surface area contributed by atoms with Crippen molar-refractivity contribution in [1.29, 1.82) is 0 Å². The minimum absolute atomic E-state index is 0.0670. The predicted molar refractivity (Wildman–Crippen MR) is 269 cm³/mol. The Morgan fingerprint density at radius 1 is 0.682 bits per heavy atom. The lowest BCUT2D eigenvalue weighted by Crippen LogP contribution is -2.30. The number of nitrogens with two attached hydrogens (primary N) is 1. The Bertz CT molecular complexity index is 3080. The van der Waals surface area contributed by atoms with Gasteiger partial charge in [0.15, 0.2) is 0 Å². The van der Waals surface area contributed by atoms with Crippen molar-refractivity contribution in [2.24, 2.45) is 19.8 Å². The van der Waals surface area contributed by atoms with Crippen LogP contribution in [0.1, 0.15) is 25.0 Å². The van der Waals surface area contributed by atoms with Gasteiger partial charge >= 0.3 is 0 Å². The number of terminal acetylenes is 1. The topological polar surface area (TPSA) is 159 Å². The Morgan fingerprint density at radius 3 is 1.64 bits per heavy atom. The van der Waals surface area contributed by atoms with E-state index < -0.39 is 8.07 Å². The van der Waals surface area contributed by atoms with Gasteiger partial charge in [-0.05, 0) is 99.7 Å². The fourth-order valence-corrected chi connectivity index (χ4v) is 6.97. The number of benzene rings is 4. The highest BCUT2D eigenvalue weighted by Gasteiger charge is 2.13. The van der Waals surface area contributed by atoms with Crippen molar-refractivity contribution < 1.29 is 9.47 Å². The number of nitrogens with one attached hydrogen (secondary N) is 2. The SMILES string of the molecule is C#Cc1ccc2nc(Nc3cc(OC[C@@H](C)N(C)C)cc(-c4cnn(C)c4)c3)ncc2c1.C[C@@H](N)COc1cc(Nc2ncc3cc(C#C[Si](C)(C)C)ccc3n2)cc(-c2cnn(C)c2)c1. The van der Waals surface area contributed by atoms with E-state index >= 15 is 0 Å². The highest BCUT2D eigenvalue weighted by atomic mass is 28.3. The second-order valence-electron chi connectivity index (χ2n) is 17.5. The van der Waals surface area contributed by atoms with Crippen LogP contribution < -0.4 is 25.8 Å². The quantitative estimate of drug-likeness (QED) is 0.0747. The van der Waals surface area contributed by atoms with Crippen molar-refractivity contribution in [1.82, 2.24) is 44.4 Å². The molecule has 8 rings (SSSR count). The smallest absolute Gasteiger partial charge is 0.227 e. The summed E-state index contributed by atoms with van der Waals surface area (Å²) in [6, 6.07) is 23.9. The first-order chi connectivity index (χ1) is 31.5. The zero-order chi connectivity index (χ0) is 47.0. The zero-order valence-corrected chi connectivity index (χ0v) is 40.0. The fourth-order valence-electron chi connectivity index (χ4n) is 6.45. The van der Waals surface area contributed by atoms with Crippen LogP contribution in [0.4, 0.5) is 23.3 Å². The van der Waals surface area contributed by atoms with Gasteiger partial charge < -0.3 is 30.7 Å². The maximum absolute atomic E-state index is 6.10. The van der Waals surface area contributed by atoms with Crippen molar-refractivity contribution in [3.63, 3.8) is 0 Å². The third kappa shape index (κ3) is 12.8. The van der Waals surface area contributed by atoms with Gasteiger partial charge in [-0.2, -0.15) is 10.2 Å². The van der Waals surface area contributed by atoms with Crippen LogP contribution in [0.3, 0.4) is 0 Å². The molecule has 2 atom stereocenters. The number of hydrogen-bond donors (Lipinski definition) is 3. The molecule has 0 spiro atoms. The zero-order valence-electron chi connectivity index (χ0n) is 39.0. The number of anilines is 4. The number of likely N-dealkylation sites (N-methyl/N-ethyl adjacent to an activating group) is 1. The van der Waals surface area contributed by atoms with E-state index in [-0.39, 0.29) is 12.1 Å². The number of aromatic nitrogens is 8. The largest absolute Gasteiger partial charge is 0.492 e. The lowest BCUT2D eigenvalue weighted by molar-refractivity contribution is 0.198. The molecule has 0 unspecified atom stereocenters. The average molecular weight is 897 g/mol. The second-order valence-corrected chi connectivity index (χ2v) is 22.3. The lowest BCUT2D eigenvalue weighted by atomic mass is 10.1. The van der Waals surface area contributed by atoms with Gasteiger partial charge in [-0.15, -0.1) is 12.0 Å². The van der Waals surface area contributed by atoms with Gasteiger partial charge in [0, 0.05) is 108 Å². The molecule has 0 aliphatic rings. The van der Waals surface area contributed by atoms with Gasteiger partial charge in [-0.3, -0.25) is 9.36 Å². The number of nitrogens with zero attached hydrogens (tertiary/aromatic N) is 9. The first-order valence-corrected chi connectivity index (χ1v) is 25.1. The van der Waals surface area contributed by atoms with E-state index in [2.05, 4.69) is 84.6 Å². The van der Waals surface area contributed by atoms with E-state index in [1.807, 2.05) is 139 Å². The van der Waals surface area contributed by atoms with Crippen LogP contribution in [0.2, 0.25) is 19.6 Å². The van der Waals surface area contributed by atoms with E-state index in [1.165, 1.54) is 0 Å². The maximum Gasteiger partial charge on any atom is 0.227 e. The molecule has 8 aromatic rings. The molecule has 0 saturated carbocycles. The Labute approximate surface area is 387 Å². The summed E-state index contributed by atoms with van der Waals surface area (Å²) in [5.41, 5.74) is 18.4. The first kappa shape index (κ1) is 46.4. The minimum atomic E-state index is -1.43. The van der Waals surface area contributed by atoms with E-state index in [4.69, 9.17) is 26.6 Å². The number of fused-ring (bicyclic) bond motifs is 2. The van der Waals surface area contributed by atoms with Crippen molar-refractivity contribution in [3.05, 3.63) is 121 Å². The van der Waals surface area contributed by atoms with Crippen molar-refractivity contribution in [2.75, 3.05) is 37.9 Å². The van der Waals surface area contributed by atoms with Crippen molar-refractivity contribution in [2.45, 2.75) is 45.6 Å². The summed E-state index contributed by atoms with van der Waals surface area (Å²) in [6.07, 6.45) is 16.7. The molecule has 0 amide bonds. The van der Waals surface area contributed by atoms with Crippen LogP contribution in [-0.4, -0.2) is 91.9 Å². The molecule has 0 bridgehead atoms. The normalized spacial score (nSPS) is 12.1. The summed E-state index contributed by atoms with van der Waals surface area (Å²) in [5.74, 6) is 8.42. The Morgan fingerprint density at radius 2 is 1.18 bits per heavy atom. The van der Waals surface area contributed by atoms with Gasteiger partial charge in [0.1, 0.15) is 32.8 Å². The standard InChI is InChI=1S/C26H30N6OSi.C25H26N6O/c1-18(27)17-33-24-12-20(22-15-29-32(2)16-22)11-23(13-24)30-26-28-14-21-10-19(6-7-25(21)31-26)8-9-34(3,4)5;1-6-18-7-8-24-20(9-18)13-26-25(29-24)28-22-10-19(21-14-27-31(5)15-21)11-23(12-22)32-16-17(2)30(3)4/h6-7,10-16,18H,17,27H2,1-5H3,(H,28,30,31);1,7-15,17H,16H2,2-5H3,(H,26,28,29)/t18-;17-/m11/s1. The minimum Gasteiger partial charge on any atom is -0.492 e. The molecule has 4 N–H and O–H groups in total. The molecular formula is C51H56N12O2Si. The molecular weight excluding hydrogens is 841 g/mol. The van der Waals surface area contributed by atoms with Gasteiger partial charge in [-0.1, -0.05) is 31.5 Å². The molecule has 66 heavy (non-hydrogen) atoms. The number of ether oxygens (including phenoxy) is 2. The van der Waals surface area contributed by atoms with Crippen molar-refractivity contribution in [3.8, 4) is 57.6 Å². The number of hydrogen-bond acceptors (Lipinski definition) is 12. The van der Waals surface area contributed by atoms with Crippen LogP contribution in [0.15, 0.2) is 110 Å². The maximum atomic E-state index is 6.10. The van der Waals surface area contributed by atoms with Gasteiger partial charge in [0.25, 0.3) is 0 Å². The summed E-state index contributed by atoms with van der Waals surface area (Å²) >= 11 is 0. The van der Waals surface area contributed by atoms with Crippen molar-refractivity contribution >= 4 is 53.2 Å². The summed E-state index contributed by atoms with van der Waals surface area (Å²) in [4.78, 5) is 20.4. The van der Waals surface area contributed by atoms with E-state index in [9.17, 15) is 0 Å². The van der Waals surface area contributed by atoms with Crippen LogP contribution >= 0.6 is 0 Å². The van der Waals surface area contributed by atoms with Gasteiger partial charge in [0.2, 0.25) is 11.9 Å². The molecule has 0 fully saturated rings. The number of rotatable bonds is 13. The van der Waals surface area contributed by atoms with E-state index in [0.29, 0.717) is 30.9 Å². The summed E-state index contributed by atoms with van der Waals surface area (Å²) in [5, 5.41) is 17.1. The monoisotopic (exact) mass is 896 g/mol. The van der Waals surface area contributed by atoms with Crippen LogP contribution in [0.5, 0.6) is 11.5 Å². The molecule has 0 saturated heterocycles. The molecule has 336 valence electrons. The third-order valence-corrected chi connectivity index (χ3v) is 11.1. The highest BCUT2D eigenvalue weighted by molar-refractivity contribution is 6.83. The van der Waals surface area contributed by atoms with Crippen LogP contribution in [0, 0.1) is 23.8 Å². The predicted octanol–water partition coefficient (Wildman–Crippen LogP) is 8.81. The molecule has 0 aliphatic carbocycles. The Balaban J connectivity index is 0.000000197. The molecule has 14 nitrogen and oxygen atoms in total. The molecule has 4 aromatic heterocycles. The molecule has 0 aliphatic heterocycles. The third-order valence-electron chi connectivity index (χ3n) is 10.2. The van der Waals surface area contributed by atoms with E-state index in [1.54, 1.807) is 15.6 Å². The molecule has 15 heteroatoms. The van der Waals surface area contributed by atoms with Crippen LogP contribution in [0.25, 0.3) is 44.1 Å². The highest BCUT2D eigenvalue weighted by Crippen LogP contribution is 2.32.